The zero-order valence-corrected chi connectivity index (χ0v) is 15.6. The summed E-state index contributed by atoms with van der Waals surface area (Å²) in [5.74, 6) is 0.544. The van der Waals surface area contributed by atoms with Crippen LogP contribution in [0.4, 0.5) is 0 Å². The molecule has 0 aromatic carbocycles. The molecule has 25 heavy (non-hydrogen) atoms. The van der Waals surface area contributed by atoms with Crippen molar-refractivity contribution in [2.45, 2.75) is 53.0 Å². The van der Waals surface area contributed by atoms with Crippen molar-refractivity contribution in [3.05, 3.63) is 29.6 Å². The molecule has 0 radical (unpaired) electrons. The van der Waals surface area contributed by atoms with Crippen LogP contribution in [0.25, 0.3) is 0 Å². The number of rotatable bonds is 3. The summed E-state index contributed by atoms with van der Waals surface area (Å²) < 4.78 is 0. The molecule has 2 saturated heterocycles. The lowest BCUT2D eigenvalue weighted by molar-refractivity contribution is -0.144. The summed E-state index contributed by atoms with van der Waals surface area (Å²) in [6.07, 6.45) is 3.56. The first-order valence-corrected chi connectivity index (χ1v) is 9.38. The zero-order chi connectivity index (χ0) is 18.0. The Labute approximate surface area is 150 Å². The van der Waals surface area contributed by atoms with Crippen molar-refractivity contribution in [1.29, 1.82) is 0 Å². The minimum atomic E-state index is 0.0610. The van der Waals surface area contributed by atoms with Gasteiger partial charge in [-0.15, -0.1) is 0 Å². The van der Waals surface area contributed by atoms with Gasteiger partial charge in [-0.1, -0.05) is 19.9 Å². The van der Waals surface area contributed by atoms with Gasteiger partial charge in [-0.05, 0) is 43.7 Å². The van der Waals surface area contributed by atoms with Crippen molar-refractivity contribution in [3.63, 3.8) is 0 Å². The van der Waals surface area contributed by atoms with Crippen LogP contribution in [0, 0.1) is 18.3 Å². The van der Waals surface area contributed by atoms with Gasteiger partial charge in [0.05, 0.1) is 12.2 Å². The van der Waals surface area contributed by atoms with Crippen molar-refractivity contribution in [2.24, 2.45) is 11.3 Å². The lowest BCUT2D eigenvalue weighted by Gasteiger charge is -2.47. The molecule has 0 unspecified atom stereocenters. The first kappa shape index (κ1) is 17.9. The molecule has 0 aliphatic carbocycles. The third kappa shape index (κ3) is 4.02. The van der Waals surface area contributed by atoms with Gasteiger partial charge in [-0.25, -0.2) is 0 Å². The molecule has 1 aromatic rings. The second kappa shape index (κ2) is 7.14. The monoisotopic (exact) mass is 343 g/mol. The highest BCUT2D eigenvalue weighted by Gasteiger charge is 2.41. The fourth-order valence-corrected chi connectivity index (χ4v) is 4.10. The van der Waals surface area contributed by atoms with Gasteiger partial charge in [0.15, 0.2) is 0 Å². The number of aromatic nitrogens is 1. The van der Waals surface area contributed by atoms with Crippen LogP contribution in [0.5, 0.6) is 0 Å². The maximum absolute atomic E-state index is 12.4. The molecule has 1 aromatic heterocycles. The van der Waals surface area contributed by atoms with E-state index in [0.29, 0.717) is 13.0 Å². The third-order valence-electron chi connectivity index (χ3n) is 5.68. The van der Waals surface area contributed by atoms with Crippen molar-refractivity contribution in [2.75, 3.05) is 19.6 Å². The van der Waals surface area contributed by atoms with E-state index < -0.39 is 0 Å². The van der Waals surface area contributed by atoms with Crippen molar-refractivity contribution < 1.29 is 9.59 Å². The number of hydrogen-bond acceptors (Lipinski definition) is 3. The van der Waals surface area contributed by atoms with E-state index in [1.54, 1.807) is 0 Å². The highest BCUT2D eigenvalue weighted by Crippen LogP contribution is 2.40. The van der Waals surface area contributed by atoms with Crippen LogP contribution in [0.2, 0.25) is 0 Å². The Morgan fingerprint density at radius 1 is 1.24 bits per heavy atom. The summed E-state index contributed by atoms with van der Waals surface area (Å²) in [4.78, 5) is 33.1. The Morgan fingerprint density at radius 3 is 2.60 bits per heavy atom. The summed E-state index contributed by atoms with van der Waals surface area (Å²) in [5, 5.41) is 0. The van der Waals surface area contributed by atoms with Gasteiger partial charge in [0, 0.05) is 37.7 Å². The average molecular weight is 343 g/mol. The first-order valence-electron chi connectivity index (χ1n) is 9.38. The lowest BCUT2D eigenvalue weighted by atomic mass is 9.72. The van der Waals surface area contributed by atoms with E-state index in [1.807, 2.05) is 48.8 Å². The van der Waals surface area contributed by atoms with Crippen LogP contribution < -0.4 is 0 Å². The summed E-state index contributed by atoms with van der Waals surface area (Å²) in [7, 11) is 0. The predicted molar refractivity (Wildman–Crippen MR) is 96.7 cm³/mol. The second-order valence-corrected chi connectivity index (χ2v) is 8.00. The Kier molecular flexibility index (Phi) is 5.11. The van der Waals surface area contributed by atoms with Crippen LogP contribution >= 0.6 is 0 Å². The number of nitrogens with zero attached hydrogens (tertiary/aromatic N) is 3. The van der Waals surface area contributed by atoms with Crippen LogP contribution in [0.3, 0.4) is 0 Å². The minimum absolute atomic E-state index is 0.0610. The Balaban J connectivity index is 1.64. The molecule has 5 nitrogen and oxygen atoms in total. The smallest absolute Gasteiger partial charge is 0.225 e. The van der Waals surface area contributed by atoms with Crippen molar-refractivity contribution >= 4 is 11.8 Å². The molecule has 2 fully saturated rings. The Morgan fingerprint density at radius 2 is 1.96 bits per heavy atom. The normalized spacial score (nSPS) is 20.4. The van der Waals surface area contributed by atoms with Gasteiger partial charge in [-0.3, -0.25) is 14.6 Å². The number of hydrogen-bond donors (Lipinski definition) is 0. The number of piperidine rings is 2. The van der Waals surface area contributed by atoms with E-state index in [2.05, 4.69) is 4.98 Å². The zero-order valence-electron chi connectivity index (χ0n) is 15.6. The van der Waals surface area contributed by atoms with Crippen molar-refractivity contribution in [3.8, 4) is 0 Å². The quantitative estimate of drug-likeness (QED) is 0.848. The van der Waals surface area contributed by atoms with Gasteiger partial charge in [0.25, 0.3) is 0 Å². The predicted octanol–water partition coefficient (Wildman–Crippen LogP) is 2.78. The second-order valence-electron chi connectivity index (χ2n) is 8.00. The third-order valence-corrected chi connectivity index (χ3v) is 5.68. The van der Waals surface area contributed by atoms with Gasteiger partial charge in [0.2, 0.25) is 11.8 Å². The van der Waals surface area contributed by atoms with E-state index in [9.17, 15) is 9.59 Å². The lowest BCUT2D eigenvalue weighted by Crippen LogP contribution is -2.52. The molecular weight excluding hydrogens is 314 g/mol. The van der Waals surface area contributed by atoms with E-state index in [4.69, 9.17) is 0 Å². The SMILES string of the molecule is Cc1cccc(CN2CC3(CCC2=O)CCN(C(=O)C(C)C)CC3)n1. The topological polar surface area (TPSA) is 53.5 Å². The summed E-state index contributed by atoms with van der Waals surface area (Å²) in [6.45, 7) is 8.93. The molecule has 2 aliphatic heterocycles. The molecule has 0 bridgehead atoms. The summed E-state index contributed by atoms with van der Waals surface area (Å²) >= 11 is 0. The molecule has 3 rings (SSSR count). The maximum atomic E-state index is 12.4. The molecule has 0 atom stereocenters. The standard InChI is InChI=1S/C20H29N3O2/c1-15(2)19(25)22-11-9-20(10-12-22)8-7-18(24)23(14-20)13-17-6-4-5-16(3)21-17/h4-6,15H,7-14H2,1-3H3. The number of likely N-dealkylation sites (tertiary alicyclic amines) is 2. The van der Waals surface area contributed by atoms with E-state index in [-0.39, 0.29) is 23.1 Å². The fraction of sp³-hybridized carbons (Fsp3) is 0.650. The van der Waals surface area contributed by atoms with Crippen LogP contribution in [-0.4, -0.2) is 46.2 Å². The molecular formula is C20H29N3O2. The van der Waals surface area contributed by atoms with Crippen LogP contribution in [0.1, 0.15) is 50.9 Å². The van der Waals surface area contributed by atoms with Gasteiger partial charge < -0.3 is 9.80 Å². The Hall–Kier alpha value is -1.91. The number of aryl methyl sites for hydroxylation is 1. The minimum Gasteiger partial charge on any atom is -0.342 e. The highest BCUT2D eigenvalue weighted by atomic mass is 16.2. The molecule has 3 heterocycles. The van der Waals surface area contributed by atoms with Gasteiger partial charge in [0.1, 0.15) is 0 Å². The van der Waals surface area contributed by atoms with E-state index in [1.165, 1.54) is 0 Å². The van der Waals surface area contributed by atoms with Crippen LogP contribution in [-0.2, 0) is 16.1 Å². The maximum Gasteiger partial charge on any atom is 0.225 e. The Bertz CT molecular complexity index is 648. The number of amides is 2. The molecule has 0 N–H and O–H groups in total. The summed E-state index contributed by atoms with van der Waals surface area (Å²) in [5.41, 5.74) is 2.11. The molecule has 1 spiro atoms. The van der Waals surface area contributed by atoms with Gasteiger partial charge >= 0.3 is 0 Å². The average Bonchev–Trinajstić information content (AvgIpc) is 2.58. The molecule has 2 aliphatic rings. The summed E-state index contributed by atoms with van der Waals surface area (Å²) in [6, 6.07) is 5.97. The van der Waals surface area contributed by atoms with E-state index in [0.717, 1.165) is 50.3 Å². The number of carbonyl (C=O) groups is 2. The first-order chi connectivity index (χ1) is 11.9. The fourth-order valence-electron chi connectivity index (χ4n) is 4.10. The largest absolute Gasteiger partial charge is 0.342 e. The molecule has 0 saturated carbocycles. The number of pyridine rings is 1. The molecule has 136 valence electrons. The molecule has 5 heteroatoms. The van der Waals surface area contributed by atoms with Crippen LogP contribution in [0.15, 0.2) is 18.2 Å². The highest BCUT2D eigenvalue weighted by molar-refractivity contribution is 5.78. The van der Waals surface area contributed by atoms with E-state index >= 15 is 0 Å². The van der Waals surface area contributed by atoms with Gasteiger partial charge in [-0.2, -0.15) is 0 Å². The van der Waals surface area contributed by atoms with Crippen molar-refractivity contribution in [1.82, 2.24) is 14.8 Å². The molecule has 2 amide bonds. The number of carbonyl (C=O) groups excluding carboxylic acids is 2.